The van der Waals surface area contributed by atoms with E-state index in [4.69, 9.17) is 4.74 Å². The summed E-state index contributed by atoms with van der Waals surface area (Å²) < 4.78 is 70.7. The molecule has 12 heteroatoms. The lowest BCUT2D eigenvalue weighted by Crippen LogP contribution is -2.41. The molecular weight excluding hydrogens is 473 g/mol. The van der Waals surface area contributed by atoms with Crippen molar-refractivity contribution in [2.24, 2.45) is 0 Å². The van der Waals surface area contributed by atoms with Crippen LogP contribution in [-0.4, -0.2) is 66.2 Å². The molecule has 1 N–H and O–H groups in total. The van der Waals surface area contributed by atoms with Crippen LogP contribution < -0.4 is 9.62 Å². The fourth-order valence-electron chi connectivity index (χ4n) is 3.37. The molecule has 1 aliphatic heterocycles. The topological polar surface area (TPSA) is 113 Å². The minimum absolute atomic E-state index is 0.0241. The Bertz CT molecular complexity index is 1180. The fourth-order valence-corrected chi connectivity index (χ4v) is 5.64. The minimum Gasteiger partial charge on any atom is -0.379 e. The van der Waals surface area contributed by atoms with Gasteiger partial charge in [0.1, 0.15) is 12.4 Å². The predicted octanol–water partition coefficient (Wildman–Crippen LogP) is 1.49. The molecule has 1 fully saturated rings. The third-order valence-corrected chi connectivity index (χ3v) is 8.22. The summed E-state index contributed by atoms with van der Waals surface area (Å²) in [5, 5.41) is 2.68. The summed E-state index contributed by atoms with van der Waals surface area (Å²) in [6.45, 7) is 2.30. The lowest BCUT2D eigenvalue weighted by atomic mass is 10.1. The summed E-state index contributed by atoms with van der Waals surface area (Å²) in [6.07, 6.45) is 0.960. The van der Waals surface area contributed by atoms with Gasteiger partial charge in [-0.05, 0) is 48.9 Å². The maximum atomic E-state index is 13.1. The van der Waals surface area contributed by atoms with Crippen LogP contribution in [0.15, 0.2) is 53.4 Å². The number of anilines is 1. The zero-order valence-corrected chi connectivity index (χ0v) is 19.9. The summed E-state index contributed by atoms with van der Waals surface area (Å²) in [4.78, 5) is 12.6. The lowest BCUT2D eigenvalue weighted by molar-refractivity contribution is -0.120. The molecule has 9 nitrogen and oxygen atoms in total. The number of amides is 1. The highest BCUT2D eigenvalue weighted by atomic mass is 32.2. The van der Waals surface area contributed by atoms with Crippen LogP contribution in [0.4, 0.5) is 10.1 Å². The first kappa shape index (κ1) is 25.1. The Kier molecular flexibility index (Phi) is 7.73. The van der Waals surface area contributed by atoms with Crippen molar-refractivity contribution >= 4 is 31.6 Å². The molecule has 2 aromatic carbocycles. The van der Waals surface area contributed by atoms with Crippen LogP contribution in [-0.2, 0) is 29.6 Å². The van der Waals surface area contributed by atoms with Crippen molar-refractivity contribution in [2.75, 3.05) is 43.4 Å². The van der Waals surface area contributed by atoms with E-state index in [1.54, 1.807) is 6.92 Å². The van der Waals surface area contributed by atoms with Crippen LogP contribution in [0.2, 0.25) is 0 Å². The van der Waals surface area contributed by atoms with Crippen LogP contribution in [0.3, 0.4) is 0 Å². The zero-order chi connectivity index (χ0) is 24.2. The highest BCUT2D eigenvalue weighted by Crippen LogP contribution is 2.23. The number of ether oxygens (including phenoxy) is 1. The third-order valence-electron chi connectivity index (χ3n) is 5.17. The average Bonchev–Trinajstić information content (AvgIpc) is 2.78. The third kappa shape index (κ3) is 6.28. The highest BCUT2D eigenvalue weighted by Gasteiger charge is 2.27. The predicted molar refractivity (Wildman–Crippen MR) is 121 cm³/mol. The molecule has 0 bridgehead atoms. The van der Waals surface area contributed by atoms with Gasteiger partial charge in [0.05, 0.1) is 36.1 Å². The molecule has 0 radical (unpaired) electrons. The fraction of sp³-hybridized carbons (Fsp3) is 0.381. The Morgan fingerprint density at radius 1 is 1.06 bits per heavy atom. The Labute approximate surface area is 193 Å². The molecule has 2 aromatic rings. The van der Waals surface area contributed by atoms with Gasteiger partial charge in [-0.1, -0.05) is 12.1 Å². The smallest absolute Gasteiger partial charge is 0.243 e. The van der Waals surface area contributed by atoms with Gasteiger partial charge in [-0.25, -0.2) is 21.2 Å². The molecule has 1 amide bonds. The average molecular weight is 500 g/mol. The van der Waals surface area contributed by atoms with Crippen LogP contribution in [0.5, 0.6) is 0 Å². The van der Waals surface area contributed by atoms with E-state index in [0.29, 0.717) is 18.8 Å². The molecular formula is C21H26FN3O6S2. The number of rotatable bonds is 8. The number of benzene rings is 2. The summed E-state index contributed by atoms with van der Waals surface area (Å²) in [5.74, 6) is -0.970. The van der Waals surface area contributed by atoms with Crippen molar-refractivity contribution < 1.29 is 30.8 Å². The van der Waals surface area contributed by atoms with E-state index in [1.807, 2.05) is 0 Å². The standard InChI is InChI=1S/C21H26FN3O6S2/c1-16(17-3-5-18(22)6-4-17)23-21(26)15-25(32(2,27)28)19-7-9-20(10-8-19)33(29,30)24-11-13-31-14-12-24/h3-10,16H,11-15H2,1-2H3,(H,23,26). The van der Waals surface area contributed by atoms with Crippen molar-refractivity contribution in [3.63, 3.8) is 0 Å². The van der Waals surface area contributed by atoms with Gasteiger partial charge in [-0.15, -0.1) is 0 Å². The quantitative estimate of drug-likeness (QED) is 0.589. The number of hydrogen-bond donors (Lipinski definition) is 1. The van der Waals surface area contributed by atoms with Gasteiger partial charge in [-0.3, -0.25) is 9.10 Å². The number of sulfonamides is 2. The molecule has 1 aliphatic rings. The van der Waals surface area contributed by atoms with Crippen molar-refractivity contribution in [1.82, 2.24) is 9.62 Å². The van der Waals surface area contributed by atoms with Crippen LogP contribution >= 0.6 is 0 Å². The van der Waals surface area contributed by atoms with Crippen molar-refractivity contribution in [3.05, 3.63) is 59.9 Å². The minimum atomic E-state index is -3.84. The Morgan fingerprint density at radius 2 is 1.64 bits per heavy atom. The number of carbonyl (C=O) groups excluding carboxylic acids is 1. The first-order chi connectivity index (χ1) is 15.5. The van der Waals surface area contributed by atoms with Crippen molar-refractivity contribution in [3.8, 4) is 0 Å². The monoisotopic (exact) mass is 499 g/mol. The van der Waals surface area contributed by atoms with E-state index in [-0.39, 0.29) is 23.7 Å². The normalized spacial score (nSPS) is 16.2. The first-order valence-electron chi connectivity index (χ1n) is 10.2. The maximum Gasteiger partial charge on any atom is 0.243 e. The summed E-state index contributed by atoms with van der Waals surface area (Å²) in [5.41, 5.74) is 0.816. The van der Waals surface area contributed by atoms with Gasteiger partial charge < -0.3 is 10.1 Å². The summed E-state index contributed by atoms with van der Waals surface area (Å²) in [6, 6.07) is 10.5. The number of morpholine rings is 1. The van der Waals surface area contributed by atoms with Crippen molar-refractivity contribution in [1.29, 1.82) is 0 Å². The van der Waals surface area contributed by atoms with E-state index in [0.717, 1.165) is 10.6 Å². The van der Waals surface area contributed by atoms with Gasteiger partial charge in [-0.2, -0.15) is 4.31 Å². The molecule has 180 valence electrons. The Morgan fingerprint density at radius 3 is 2.18 bits per heavy atom. The molecule has 1 unspecified atom stereocenters. The van der Waals surface area contributed by atoms with Gasteiger partial charge in [0.25, 0.3) is 0 Å². The lowest BCUT2D eigenvalue weighted by Gasteiger charge is -2.26. The number of hydrogen-bond acceptors (Lipinski definition) is 6. The SMILES string of the molecule is CC(NC(=O)CN(c1ccc(S(=O)(=O)N2CCOCC2)cc1)S(C)(=O)=O)c1ccc(F)cc1. The number of nitrogens with one attached hydrogen (secondary N) is 1. The zero-order valence-electron chi connectivity index (χ0n) is 18.3. The number of halogens is 1. The maximum absolute atomic E-state index is 13.1. The van der Waals surface area contributed by atoms with E-state index in [9.17, 15) is 26.0 Å². The summed E-state index contributed by atoms with van der Waals surface area (Å²) >= 11 is 0. The molecule has 0 aliphatic carbocycles. The Balaban J connectivity index is 1.75. The second-order valence-electron chi connectivity index (χ2n) is 7.62. The molecule has 1 heterocycles. The van der Waals surface area contributed by atoms with Gasteiger partial charge in [0.2, 0.25) is 26.0 Å². The molecule has 0 spiro atoms. The van der Waals surface area contributed by atoms with Gasteiger partial charge in [0, 0.05) is 13.1 Å². The summed E-state index contributed by atoms with van der Waals surface area (Å²) in [7, 11) is -7.57. The van der Waals surface area contributed by atoms with E-state index in [2.05, 4.69) is 5.32 Å². The van der Waals surface area contributed by atoms with Gasteiger partial charge in [0.15, 0.2) is 0 Å². The molecule has 3 rings (SSSR count). The molecule has 1 atom stereocenters. The van der Waals surface area contributed by atoms with E-state index >= 15 is 0 Å². The van der Waals surface area contributed by atoms with Gasteiger partial charge >= 0.3 is 0 Å². The molecule has 33 heavy (non-hydrogen) atoms. The highest BCUT2D eigenvalue weighted by molar-refractivity contribution is 7.92. The van der Waals surface area contributed by atoms with Crippen LogP contribution in [0, 0.1) is 5.82 Å². The number of nitrogens with zero attached hydrogens (tertiary/aromatic N) is 2. The van der Waals surface area contributed by atoms with E-state index < -0.39 is 44.4 Å². The van der Waals surface area contributed by atoms with Crippen molar-refractivity contribution in [2.45, 2.75) is 17.9 Å². The molecule has 0 saturated carbocycles. The second-order valence-corrected chi connectivity index (χ2v) is 11.5. The van der Waals surface area contributed by atoms with Crippen LogP contribution in [0.25, 0.3) is 0 Å². The largest absolute Gasteiger partial charge is 0.379 e. The molecule has 1 saturated heterocycles. The number of carbonyl (C=O) groups is 1. The second kappa shape index (κ2) is 10.2. The van der Waals surface area contributed by atoms with Crippen LogP contribution in [0.1, 0.15) is 18.5 Å². The first-order valence-corrected chi connectivity index (χ1v) is 13.5. The Hall–Kier alpha value is -2.54. The molecule has 0 aromatic heterocycles. The van der Waals surface area contributed by atoms with E-state index in [1.165, 1.54) is 52.8 Å².